The number of carbonyl (C=O) groups is 1. The van der Waals surface area contributed by atoms with Crippen LogP contribution < -0.4 is 0 Å². The predicted molar refractivity (Wildman–Crippen MR) is 123 cm³/mol. The number of benzene rings is 5. The third-order valence-electron chi connectivity index (χ3n) is 5.82. The van der Waals surface area contributed by atoms with Crippen LogP contribution in [0.4, 0.5) is 5.69 Å². The molecule has 0 unspecified atom stereocenters. The number of carbonyl (C=O) groups excluding carboxylic acids is 1. The van der Waals surface area contributed by atoms with Crippen molar-refractivity contribution < 1.29 is 4.79 Å². The molecule has 5 aromatic rings. The first-order chi connectivity index (χ1) is 14.8. The Hall–Kier alpha value is -4.04. The van der Waals surface area contributed by atoms with E-state index in [9.17, 15) is 4.79 Å². The second-order valence-corrected chi connectivity index (χ2v) is 7.55. The summed E-state index contributed by atoms with van der Waals surface area (Å²) >= 11 is 0. The Labute approximate surface area is 174 Å². The lowest BCUT2D eigenvalue weighted by molar-refractivity contribution is 0.103. The van der Waals surface area contributed by atoms with Gasteiger partial charge in [0.05, 0.1) is 11.4 Å². The molecule has 2 heteroatoms. The minimum Gasteiger partial charge on any atom is -0.289 e. The van der Waals surface area contributed by atoms with Gasteiger partial charge in [0.15, 0.2) is 5.78 Å². The van der Waals surface area contributed by atoms with Crippen molar-refractivity contribution in [3.63, 3.8) is 0 Å². The average Bonchev–Trinajstić information content (AvgIpc) is 2.81. The highest BCUT2D eigenvalue weighted by Gasteiger charge is 2.27. The molecule has 0 N–H and O–H groups in total. The molecule has 0 aliphatic heterocycles. The van der Waals surface area contributed by atoms with E-state index in [1.807, 2.05) is 60.7 Å². The highest BCUT2D eigenvalue weighted by atomic mass is 16.1. The molecule has 0 spiro atoms. The zero-order valence-corrected chi connectivity index (χ0v) is 16.2. The van der Waals surface area contributed by atoms with Gasteiger partial charge in [0.1, 0.15) is 0 Å². The zero-order chi connectivity index (χ0) is 20.1. The van der Waals surface area contributed by atoms with Crippen molar-refractivity contribution in [2.45, 2.75) is 0 Å². The molecule has 5 aromatic carbocycles. The summed E-state index contributed by atoms with van der Waals surface area (Å²) in [5.41, 5.74) is 4.98. The fourth-order valence-electron chi connectivity index (χ4n) is 4.41. The molecule has 140 valence electrons. The van der Waals surface area contributed by atoms with Crippen molar-refractivity contribution >= 4 is 38.7 Å². The minimum atomic E-state index is 0.0583. The van der Waals surface area contributed by atoms with E-state index in [0.717, 1.165) is 44.1 Å². The molecule has 0 saturated heterocycles. The third kappa shape index (κ3) is 2.44. The molecule has 1 aliphatic rings. The molecule has 0 heterocycles. The van der Waals surface area contributed by atoms with E-state index in [1.54, 1.807) is 0 Å². The highest BCUT2D eigenvalue weighted by Crippen LogP contribution is 2.37. The summed E-state index contributed by atoms with van der Waals surface area (Å²) in [6, 6.07) is 34.4. The lowest BCUT2D eigenvalue weighted by atomic mass is 9.83. The lowest BCUT2D eigenvalue weighted by Gasteiger charge is -2.21. The van der Waals surface area contributed by atoms with Gasteiger partial charge in [0.25, 0.3) is 0 Å². The van der Waals surface area contributed by atoms with Gasteiger partial charge in [-0.1, -0.05) is 97.1 Å². The van der Waals surface area contributed by atoms with E-state index >= 15 is 0 Å². The van der Waals surface area contributed by atoms with Crippen LogP contribution in [0.15, 0.2) is 108 Å². The molecule has 0 radical (unpaired) electrons. The molecule has 30 heavy (non-hydrogen) atoms. The van der Waals surface area contributed by atoms with Gasteiger partial charge in [-0.3, -0.25) is 4.79 Å². The van der Waals surface area contributed by atoms with Gasteiger partial charge in [-0.2, -0.15) is 0 Å². The lowest BCUT2D eigenvalue weighted by Crippen LogP contribution is -2.21. The van der Waals surface area contributed by atoms with Crippen LogP contribution in [0.3, 0.4) is 0 Å². The van der Waals surface area contributed by atoms with Crippen molar-refractivity contribution in [1.82, 2.24) is 0 Å². The quantitative estimate of drug-likeness (QED) is 0.290. The van der Waals surface area contributed by atoms with Crippen LogP contribution in [0, 0.1) is 0 Å². The Balaban J connectivity index is 1.75. The summed E-state index contributed by atoms with van der Waals surface area (Å²) in [5, 5.41) is 4.53. The molecule has 2 nitrogen and oxygen atoms in total. The Morgan fingerprint density at radius 1 is 0.500 bits per heavy atom. The van der Waals surface area contributed by atoms with Gasteiger partial charge >= 0.3 is 0 Å². The number of aliphatic imine (C=N–C) groups is 1. The first-order valence-electron chi connectivity index (χ1n) is 10.0. The summed E-state index contributed by atoms with van der Waals surface area (Å²) in [6.07, 6.45) is 0. The first kappa shape index (κ1) is 16.9. The SMILES string of the molecule is O=C1c2ccccc2C(=Nc2c3ccccc3cc3ccccc23)c2ccccc21. The molecule has 6 rings (SSSR count). The van der Waals surface area contributed by atoms with Gasteiger partial charge in [-0.05, 0) is 16.8 Å². The van der Waals surface area contributed by atoms with Gasteiger partial charge in [0, 0.05) is 33.0 Å². The second-order valence-electron chi connectivity index (χ2n) is 7.55. The van der Waals surface area contributed by atoms with Crippen LogP contribution in [0.1, 0.15) is 27.0 Å². The fraction of sp³-hybridized carbons (Fsp3) is 0. The topological polar surface area (TPSA) is 29.4 Å². The summed E-state index contributed by atoms with van der Waals surface area (Å²) < 4.78 is 0. The van der Waals surface area contributed by atoms with Crippen LogP contribution in [0.2, 0.25) is 0 Å². The van der Waals surface area contributed by atoms with Gasteiger partial charge in [0.2, 0.25) is 0 Å². The smallest absolute Gasteiger partial charge is 0.194 e. The van der Waals surface area contributed by atoms with Crippen molar-refractivity contribution in [1.29, 1.82) is 0 Å². The molecular formula is C28H17NO. The third-order valence-corrected chi connectivity index (χ3v) is 5.82. The van der Waals surface area contributed by atoms with Crippen LogP contribution in [0.25, 0.3) is 21.5 Å². The van der Waals surface area contributed by atoms with Gasteiger partial charge in [-0.15, -0.1) is 0 Å². The normalized spacial score (nSPS) is 12.7. The molecule has 1 aliphatic carbocycles. The Morgan fingerprint density at radius 2 is 0.933 bits per heavy atom. The summed E-state index contributed by atoms with van der Waals surface area (Å²) in [6.45, 7) is 0. The monoisotopic (exact) mass is 383 g/mol. The van der Waals surface area contributed by atoms with Crippen molar-refractivity contribution in [2.24, 2.45) is 4.99 Å². The molecule has 0 fully saturated rings. The van der Waals surface area contributed by atoms with E-state index in [2.05, 4.69) is 42.5 Å². The summed E-state index contributed by atoms with van der Waals surface area (Å²) in [5.74, 6) is 0.0583. The number of nitrogens with zero attached hydrogens (tertiary/aromatic N) is 1. The molecule has 0 aromatic heterocycles. The number of ketones is 1. The zero-order valence-electron chi connectivity index (χ0n) is 16.2. The molecule has 0 bridgehead atoms. The number of fused-ring (bicyclic) bond motifs is 4. The molecule has 0 saturated carbocycles. The van der Waals surface area contributed by atoms with Crippen molar-refractivity contribution in [3.05, 3.63) is 125 Å². The second kappa shape index (κ2) is 6.50. The van der Waals surface area contributed by atoms with Crippen LogP contribution in [0.5, 0.6) is 0 Å². The maximum atomic E-state index is 13.1. The Bertz CT molecular complexity index is 1400. The van der Waals surface area contributed by atoms with Crippen LogP contribution in [-0.4, -0.2) is 11.5 Å². The number of rotatable bonds is 1. The number of hydrogen-bond acceptors (Lipinski definition) is 2. The Kier molecular flexibility index (Phi) is 3.65. The molecular weight excluding hydrogens is 366 g/mol. The van der Waals surface area contributed by atoms with Gasteiger partial charge < -0.3 is 0 Å². The summed E-state index contributed by atoms with van der Waals surface area (Å²) in [7, 11) is 0. The van der Waals surface area contributed by atoms with E-state index in [1.165, 1.54) is 0 Å². The standard InChI is InChI=1S/C28H17NO/c30-28-24-15-7-5-13-22(24)27(23-14-6-8-16-25(23)28)29-26-20-11-3-1-9-18(20)17-19-10-2-4-12-21(19)26/h1-17H. The number of hydrogen-bond donors (Lipinski definition) is 0. The predicted octanol–water partition coefficient (Wildman–Crippen LogP) is 6.71. The van der Waals surface area contributed by atoms with E-state index in [0.29, 0.717) is 11.1 Å². The molecule has 0 amide bonds. The van der Waals surface area contributed by atoms with E-state index in [-0.39, 0.29) is 5.78 Å². The Morgan fingerprint density at radius 3 is 1.47 bits per heavy atom. The summed E-state index contributed by atoms with van der Waals surface area (Å²) in [4.78, 5) is 18.3. The first-order valence-corrected chi connectivity index (χ1v) is 10.0. The van der Waals surface area contributed by atoms with Crippen molar-refractivity contribution in [3.8, 4) is 0 Å². The largest absolute Gasteiger partial charge is 0.289 e. The molecule has 0 atom stereocenters. The maximum absolute atomic E-state index is 13.1. The average molecular weight is 383 g/mol. The van der Waals surface area contributed by atoms with Crippen molar-refractivity contribution in [2.75, 3.05) is 0 Å². The highest BCUT2D eigenvalue weighted by molar-refractivity contribution is 6.31. The van der Waals surface area contributed by atoms with Crippen LogP contribution >= 0.6 is 0 Å². The van der Waals surface area contributed by atoms with Gasteiger partial charge in [-0.25, -0.2) is 4.99 Å². The van der Waals surface area contributed by atoms with Crippen LogP contribution in [-0.2, 0) is 0 Å². The van der Waals surface area contributed by atoms with E-state index < -0.39 is 0 Å². The fourth-order valence-corrected chi connectivity index (χ4v) is 4.41. The van der Waals surface area contributed by atoms with E-state index in [4.69, 9.17) is 4.99 Å². The minimum absolute atomic E-state index is 0.0583. The maximum Gasteiger partial charge on any atom is 0.194 e.